The van der Waals surface area contributed by atoms with Crippen molar-refractivity contribution in [1.29, 1.82) is 0 Å². The molecule has 1 aliphatic rings. The summed E-state index contributed by atoms with van der Waals surface area (Å²) in [5.41, 5.74) is 1.34. The van der Waals surface area contributed by atoms with Gasteiger partial charge in [-0.15, -0.1) is 0 Å². The number of nitrogens with zero attached hydrogens (tertiary/aromatic N) is 2. The molecular weight excluding hydrogens is 260 g/mol. The van der Waals surface area contributed by atoms with Crippen LogP contribution in [0.15, 0.2) is 4.79 Å². The number of rotatable bonds is 4. The van der Waals surface area contributed by atoms with Crippen LogP contribution in [0, 0.1) is 10.6 Å². The SMILES string of the molecule is CCC(C)Cn1c(=O)[nH]c(=S)c2[nH]c(C3CC3)nc21. The van der Waals surface area contributed by atoms with Crippen LogP contribution in [-0.2, 0) is 6.54 Å². The molecule has 0 aromatic carbocycles. The third-order valence-corrected chi connectivity index (χ3v) is 4.11. The van der Waals surface area contributed by atoms with Crippen molar-refractivity contribution in [3.8, 4) is 0 Å². The minimum absolute atomic E-state index is 0.161. The predicted molar refractivity (Wildman–Crippen MR) is 77.0 cm³/mol. The Bertz CT molecular complexity index is 722. The van der Waals surface area contributed by atoms with Crippen LogP contribution in [0.5, 0.6) is 0 Å². The van der Waals surface area contributed by atoms with Gasteiger partial charge in [0.15, 0.2) is 5.65 Å². The van der Waals surface area contributed by atoms with E-state index in [1.165, 1.54) is 12.8 Å². The van der Waals surface area contributed by atoms with Gasteiger partial charge in [0.05, 0.1) is 0 Å². The van der Waals surface area contributed by atoms with Crippen molar-refractivity contribution in [1.82, 2.24) is 19.5 Å². The van der Waals surface area contributed by atoms with Gasteiger partial charge in [0.2, 0.25) is 0 Å². The average Bonchev–Trinajstić information content (AvgIpc) is 3.13. The summed E-state index contributed by atoms with van der Waals surface area (Å²) in [5, 5.41) is 0. The number of H-pyrrole nitrogens is 2. The minimum Gasteiger partial charge on any atom is -0.338 e. The van der Waals surface area contributed by atoms with Crippen molar-refractivity contribution in [2.24, 2.45) is 5.92 Å². The van der Waals surface area contributed by atoms with Gasteiger partial charge in [-0.25, -0.2) is 9.78 Å². The molecule has 0 aliphatic heterocycles. The van der Waals surface area contributed by atoms with Crippen LogP contribution in [0.4, 0.5) is 0 Å². The predicted octanol–water partition coefficient (Wildman–Crippen LogP) is 2.71. The van der Waals surface area contributed by atoms with E-state index in [-0.39, 0.29) is 5.69 Å². The standard InChI is InChI=1S/C13H18N4OS/c1-3-7(2)6-17-11-9(12(19)16-13(17)18)14-10(15-11)8-4-5-8/h7-8H,3-6H2,1-2H3,(H,14,15)(H,16,18,19). The van der Waals surface area contributed by atoms with Gasteiger partial charge in [-0.1, -0.05) is 32.5 Å². The van der Waals surface area contributed by atoms with Crippen molar-refractivity contribution < 1.29 is 0 Å². The summed E-state index contributed by atoms with van der Waals surface area (Å²) in [6.07, 6.45) is 3.38. The van der Waals surface area contributed by atoms with Crippen LogP contribution in [0.25, 0.3) is 11.2 Å². The van der Waals surface area contributed by atoms with E-state index in [0.717, 1.165) is 17.8 Å². The molecule has 5 nitrogen and oxygen atoms in total. The van der Waals surface area contributed by atoms with Gasteiger partial charge in [-0.2, -0.15) is 0 Å². The fourth-order valence-corrected chi connectivity index (χ4v) is 2.45. The van der Waals surface area contributed by atoms with E-state index in [9.17, 15) is 4.79 Å². The van der Waals surface area contributed by atoms with Crippen LogP contribution < -0.4 is 5.69 Å². The molecule has 0 bridgehead atoms. The summed E-state index contributed by atoms with van der Waals surface area (Å²) < 4.78 is 2.17. The summed E-state index contributed by atoms with van der Waals surface area (Å²) in [6, 6.07) is 0. The van der Waals surface area contributed by atoms with E-state index in [1.807, 2.05) is 0 Å². The first-order valence-corrected chi connectivity index (χ1v) is 7.23. The van der Waals surface area contributed by atoms with Crippen LogP contribution in [0.2, 0.25) is 0 Å². The van der Waals surface area contributed by atoms with Crippen molar-refractivity contribution in [3.63, 3.8) is 0 Å². The Balaban J connectivity index is 2.18. The second-order valence-corrected chi connectivity index (χ2v) is 5.89. The zero-order valence-corrected chi connectivity index (χ0v) is 12.0. The highest BCUT2D eigenvalue weighted by molar-refractivity contribution is 7.71. The largest absolute Gasteiger partial charge is 0.338 e. The van der Waals surface area contributed by atoms with E-state index in [2.05, 4.69) is 28.8 Å². The second-order valence-electron chi connectivity index (χ2n) is 5.48. The van der Waals surface area contributed by atoms with Crippen molar-refractivity contribution in [2.75, 3.05) is 0 Å². The normalized spacial score (nSPS) is 16.9. The quantitative estimate of drug-likeness (QED) is 0.845. The van der Waals surface area contributed by atoms with E-state index in [0.29, 0.717) is 28.7 Å². The fourth-order valence-electron chi connectivity index (χ4n) is 2.22. The number of aromatic nitrogens is 4. The second kappa shape index (κ2) is 4.59. The highest BCUT2D eigenvalue weighted by Gasteiger charge is 2.27. The van der Waals surface area contributed by atoms with Crippen molar-refractivity contribution >= 4 is 23.4 Å². The molecule has 1 unspecified atom stereocenters. The highest BCUT2D eigenvalue weighted by atomic mass is 32.1. The van der Waals surface area contributed by atoms with Gasteiger partial charge in [0, 0.05) is 12.5 Å². The van der Waals surface area contributed by atoms with Crippen LogP contribution in [0.1, 0.15) is 44.9 Å². The Hall–Kier alpha value is -1.43. The molecule has 102 valence electrons. The summed E-state index contributed by atoms with van der Waals surface area (Å²) >= 11 is 5.22. The number of fused-ring (bicyclic) bond motifs is 1. The van der Waals surface area contributed by atoms with E-state index in [4.69, 9.17) is 12.2 Å². The molecule has 3 rings (SSSR count). The maximum Gasteiger partial charge on any atom is 0.328 e. The zero-order chi connectivity index (χ0) is 13.6. The molecule has 1 atom stereocenters. The lowest BCUT2D eigenvalue weighted by atomic mass is 10.1. The molecule has 1 aliphatic carbocycles. The zero-order valence-electron chi connectivity index (χ0n) is 11.2. The molecule has 2 aromatic rings. The van der Waals surface area contributed by atoms with Gasteiger partial charge < -0.3 is 4.98 Å². The van der Waals surface area contributed by atoms with Crippen LogP contribution >= 0.6 is 12.2 Å². The number of nitrogens with one attached hydrogen (secondary N) is 2. The number of aromatic amines is 2. The van der Waals surface area contributed by atoms with Crippen LogP contribution in [-0.4, -0.2) is 19.5 Å². The summed E-state index contributed by atoms with van der Waals surface area (Å²) in [6.45, 7) is 4.93. The molecule has 6 heteroatoms. The molecular formula is C13H18N4OS. The third kappa shape index (κ3) is 2.25. The lowest BCUT2D eigenvalue weighted by molar-refractivity contribution is 0.462. The van der Waals surface area contributed by atoms with Crippen molar-refractivity contribution in [2.45, 2.75) is 45.6 Å². The van der Waals surface area contributed by atoms with Gasteiger partial charge in [0.1, 0.15) is 16.0 Å². The molecule has 0 spiro atoms. The molecule has 2 aromatic heterocycles. The first kappa shape index (κ1) is 12.6. The molecule has 1 saturated carbocycles. The number of hydrogen-bond donors (Lipinski definition) is 2. The average molecular weight is 278 g/mol. The molecule has 0 amide bonds. The topological polar surface area (TPSA) is 66.5 Å². The first-order valence-electron chi connectivity index (χ1n) is 6.83. The summed E-state index contributed by atoms with van der Waals surface area (Å²) in [4.78, 5) is 22.7. The van der Waals surface area contributed by atoms with Gasteiger partial charge in [-0.3, -0.25) is 9.55 Å². The number of hydrogen-bond acceptors (Lipinski definition) is 3. The maximum absolute atomic E-state index is 12.1. The molecule has 2 heterocycles. The molecule has 0 saturated heterocycles. The lowest BCUT2D eigenvalue weighted by Gasteiger charge is -2.11. The Morgan fingerprint density at radius 1 is 1.47 bits per heavy atom. The van der Waals surface area contributed by atoms with Crippen molar-refractivity contribution in [3.05, 3.63) is 20.9 Å². The highest BCUT2D eigenvalue weighted by Crippen LogP contribution is 2.38. The Labute approximate surface area is 116 Å². The van der Waals surface area contributed by atoms with E-state index < -0.39 is 0 Å². The Morgan fingerprint density at radius 2 is 2.21 bits per heavy atom. The van der Waals surface area contributed by atoms with E-state index in [1.54, 1.807) is 4.57 Å². The third-order valence-electron chi connectivity index (χ3n) is 3.81. The molecule has 19 heavy (non-hydrogen) atoms. The molecule has 2 N–H and O–H groups in total. The van der Waals surface area contributed by atoms with E-state index >= 15 is 0 Å². The monoisotopic (exact) mass is 278 g/mol. The first-order chi connectivity index (χ1) is 9.10. The Kier molecular flexibility index (Phi) is 3.05. The summed E-state index contributed by atoms with van der Waals surface area (Å²) in [7, 11) is 0. The minimum atomic E-state index is -0.161. The maximum atomic E-state index is 12.1. The smallest absolute Gasteiger partial charge is 0.328 e. The van der Waals surface area contributed by atoms with Gasteiger partial charge in [-0.05, 0) is 18.8 Å². The number of imidazole rings is 1. The Morgan fingerprint density at radius 3 is 2.84 bits per heavy atom. The fraction of sp³-hybridized carbons (Fsp3) is 0.615. The van der Waals surface area contributed by atoms with Gasteiger partial charge >= 0.3 is 5.69 Å². The molecule has 0 radical (unpaired) electrons. The van der Waals surface area contributed by atoms with Crippen LogP contribution in [0.3, 0.4) is 0 Å². The lowest BCUT2D eigenvalue weighted by Crippen LogP contribution is -2.26. The summed E-state index contributed by atoms with van der Waals surface area (Å²) in [5.74, 6) is 1.93. The molecule has 1 fully saturated rings. The van der Waals surface area contributed by atoms with Gasteiger partial charge in [0.25, 0.3) is 0 Å².